The minimum absolute atomic E-state index is 0.433. The van der Waals surface area contributed by atoms with E-state index >= 15 is 0 Å². The average Bonchev–Trinajstić information content (AvgIpc) is 2.64. The van der Waals surface area contributed by atoms with Gasteiger partial charge in [-0.3, -0.25) is 0 Å². The zero-order chi connectivity index (χ0) is 13.1. The van der Waals surface area contributed by atoms with Crippen LogP contribution in [0.1, 0.15) is 0 Å². The molecule has 1 heterocycles. The first-order valence-electron chi connectivity index (χ1n) is 5.41. The maximum absolute atomic E-state index is 10.6. The van der Waals surface area contributed by atoms with Gasteiger partial charge >= 0.3 is 6.03 Å². The van der Waals surface area contributed by atoms with Gasteiger partial charge in [0.1, 0.15) is 5.75 Å². The topological polar surface area (TPSA) is 85.1 Å². The molecule has 0 saturated carbocycles. The molecular formula is C11H14N4O2S. The molecule has 2 rings (SSSR count). The highest BCUT2D eigenvalue weighted by Gasteiger charge is 2.05. The lowest BCUT2D eigenvalue weighted by Gasteiger charge is -2.05. The number of nitrogens with two attached hydrogens (primary N) is 1. The molecule has 2 amide bonds. The predicted octanol–water partition coefficient (Wildman–Crippen LogP) is 1.38. The van der Waals surface area contributed by atoms with Crippen molar-refractivity contribution >= 4 is 29.3 Å². The molecule has 7 heteroatoms. The number of benzene rings is 1. The van der Waals surface area contributed by atoms with Gasteiger partial charge in [-0.2, -0.15) is 0 Å². The van der Waals surface area contributed by atoms with E-state index in [1.54, 1.807) is 7.11 Å². The first-order chi connectivity index (χ1) is 8.61. The third-order valence-corrected chi connectivity index (χ3v) is 2.94. The molecule has 0 bridgehead atoms. The molecule has 0 aliphatic rings. The second kappa shape index (κ2) is 5.09. The number of imidazole rings is 1. The number of ether oxygens (including phenoxy) is 1. The van der Waals surface area contributed by atoms with Crippen molar-refractivity contribution < 1.29 is 9.53 Å². The Morgan fingerprint density at radius 3 is 3.06 bits per heavy atom. The van der Waals surface area contributed by atoms with Crippen molar-refractivity contribution in [2.75, 3.05) is 13.7 Å². The number of carbonyl (C=O) groups excluding carboxylic acids is 1. The molecule has 0 spiro atoms. The number of fused-ring (bicyclic) bond motifs is 1. The van der Waals surface area contributed by atoms with Crippen molar-refractivity contribution in [2.45, 2.75) is 6.54 Å². The van der Waals surface area contributed by atoms with Crippen LogP contribution in [0.2, 0.25) is 0 Å². The highest BCUT2D eigenvalue weighted by atomic mass is 32.1. The Balaban J connectivity index is 2.30. The van der Waals surface area contributed by atoms with Gasteiger partial charge < -0.3 is 25.3 Å². The first-order valence-corrected chi connectivity index (χ1v) is 5.82. The van der Waals surface area contributed by atoms with Crippen LogP contribution in [0.4, 0.5) is 4.79 Å². The molecule has 2 aromatic rings. The number of aromatic nitrogens is 2. The van der Waals surface area contributed by atoms with Gasteiger partial charge in [0.05, 0.1) is 18.1 Å². The highest BCUT2D eigenvalue weighted by molar-refractivity contribution is 7.71. The summed E-state index contributed by atoms with van der Waals surface area (Å²) in [6.45, 7) is 0.997. The number of amides is 2. The minimum atomic E-state index is -0.539. The summed E-state index contributed by atoms with van der Waals surface area (Å²) in [4.78, 5) is 13.7. The molecule has 6 nitrogen and oxygen atoms in total. The zero-order valence-corrected chi connectivity index (χ0v) is 10.7. The van der Waals surface area contributed by atoms with Crippen LogP contribution in [0.25, 0.3) is 11.0 Å². The number of rotatable bonds is 4. The summed E-state index contributed by atoms with van der Waals surface area (Å²) in [5.74, 6) is 0.765. The van der Waals surface area contributed by atoms with Crippen molar-refractivity contribution in [3.8, 4) is 5.75 Å². The van der Waals surface area contributed by atoms with Gasteiger partial charge in [0.2, 0.25) is 0 Å². The van der Waals surface area contributed by atoms with Crippen LogP contribution in [0.15, 0.2) is 18.2 Å². The lowest BCUT2D eigenvalue weighted by Crippen LogP contribution is -2.32. The highest BCUT2D eigenvalue weighted by Crippen LogP contribution is 2.20. The number of primary amides is 1. The number of H-pyrrole nitrogens is 1. The second-order valence-electron chi connectivity index (χ2n) is 3.76. The average molecular weight is 266 g/mol. The maximum Gasteiger partial charge on any atom is 0.312 e. The molecule has 0 aliphatic heterocycles. The van der Waals surface area contributed by atoms with Crippen molar-refractivity contribution in [2.24, 2.45) is 5.73 Å². The van der Waals surface area contributed by atoms with Crippen molar-refractivity contribution in [1.82, 2.24) is 14.9 Å². The molecule has 0 fully saturated rings. The number of nitrogens with zero attached hydrogens (tertiary/aromatic N) is 1. The van der Waals surface area contributed by atoms with E-state index in [0.717, 1.165) is 16.8 Å². The molecule has 1 aromatic carbocycles. The number of nitrogens with one attached hydrogen (secondary N) is 2. The third-order valence-electron chi connectivity index (χ3n) is 2.62. The van der Waals surface area contributed by atoms with Gasteiger partial charge in [-0.05, 0) is 24.4 Å². The summed E-state index contributed by atoms with van der Waals surface area (Å²) in [6, 6.07) is 5.12. The van der Waals surface area contributed by atoms with E-state index in [2.05, 4.69) is 10.3 Å². The molecule has 0 atom stereocenters. The van der Waals surface area contributed by atoms with Gasteiger partial charge in [0.25, 0.3) is 0 Å². The summed E-state index contributed by atoms with van der Waals surface area (Å²) in [7, 11) is 1.61. The molecule has 1 aromatic heterocycles. The number of urea groups is 1. The Morgan fingerprint density at radius 1 is 1.61 bits per heavy atom. The Hall–Kier alpha value is -2.02. The first kappa shape index (κ1) is 12.4. The quantitative estimate of drug-likeness (QED) is 0.731. The molecule has 0 saturated heterocycles. The zero-order valence-electron chi connectivity index (χ0n) is 9.90. The van der Waals surface area contributed by atoms with Crippen molar-refractivity contribution in [3.05, 3.63) is 23.0 Å². The summed E-state index contributed by atoms with van der Waals surface area (Å²) in [5.41, 5.74) is 6.88. The fourth-order valence-corrected chi connectivity index (χ4v) is 2.08. The van der Waals surface area contributed by atoms with E-state index in [1.807, 2.05) is 22.8 Å². The molecule has 4 N–H and O–H groups in total. The van der Waals surface area contributed by atoms with Gasteiger partial charge in [-0.15, -0.1) is 0 Å². The van der Waals surface area contributed by atoms with Crippen LogP contribution in [0.3, 0.4) is 0 Å². The van der Waals surface area contributed by atoms with Crippen LogP contribution in [-0.4, -0.2) is 29.2 Å². The van der Waals surface area contributed by atoms with Crippen LogP contribution in [0.5, 0.6) is 5.75 Å². The number of methoxy groups -OCH3 is 1. The predicted molar refractivity (Wildman–Crippen MR) is 71.3 cm³/mol. The lowest BCUT2D eigenvalue weighted by molar-refractivity contribution is 0.248. The summed E-state index contributed by atoms with van der Waals surface area (Å²) < 4.78 is 7.65. The Labute approximate surface area is 109 Å². The van der Waals surface area contributed by atoms with E-state index in [9.17, 15) is 4.79 Å². The number of aromatic amines is 1. The fraction of sp³-hybridized carbons (Fsp3) is 0.273. The lowest BCUT2D eigenvalue weighted by atomic mass is 10.3. The van der Waals surface area contributed by atoms with Gasteiger partial charge in [-0.1, -0.05) is 0 Å². The molecule has 0 aliphatic carbocycles. The van der Waals surface area contributed by atoms with Gasteiger partial charge in [0, 0.05) is 19.2 Å². The summed E-state index contributed by atoms with van der Waals surface area (Å²) in [5, 5.41) is 2.53. The van der Waals surface area contributed by atoms with E-state index in [0.29, 0.717) is 17.9 Å². The van der Waals surface area contributed by atoms with Crippen molar-refractivity contribution in [3.63, 3.8) is 0 Å². The van der Waals surface area contributed by atoms with E-state index in [-0.39, 0.29) is 0 Å². The number of carbonyl (C=O) groups is 1. The second-order valence-corrected chi connectivity index (χ2v) is 4.14. The number of hydrogen-bond donors (Lipinski definition) is 3. The van der Waals surface area contributed by atoms with Crippen molar-refractivity contribution in [1.29, 1.82) is 0 Å². The summed E-state index contributed by atoms with van der Waals surface area (Å²) >= 11 is 5.23. The normalized spacial score (nSPS) is 10.5. The standard InChI is InChI=1S/C11H14N4O2S/c1-17-7-2-3-9-8(6-7)14-11(18)15(9)5-4-13-10(12)16/h2-3,6H,4-5H2,1H3,(H,14,18)(H3,12,13,16). The third kappa shape index (κ3) is 2.45. The minimum Gasteiger partial charge on any atom is -0.497 e. The van der Waals surface area contributed by atoms with Gasteiger partial charge in [-0.25, -0.2) is 4.79 Å². The Bertz CT molecular complexity index is 631. The Kier molecular flexibility index (Phi) is 3.52. The molecule has 18 heavy (non-hydrogen) atoms. The summed E-state index contributed by atoms with van der Waals surface area (Å²) in [6.07, 6.45) is 0. The maximum atomic E-state index is 10.6. The van der Waals surface area contributed by atoms with E-state index in [4.69, 9.17) is 22.7 Å². The fourth-order valence-electron chi connectivity index (χ4n) is 1.78. The van der Waals surface area contributed by atoms with Crippen LogP contribution in [0, 0.1) is 4.77 Å². The largest absolute Gasteiger partial charge is 0.497 e. The van der Waals surface area contributed by atoms with Crippen LogP contribution >= 0.6 is 12.2 Å². The van der Waals surface area contributed by atoms with Crippen LogP contribution < -0.4 is 15.8 Å². The van der Waals surface area contributed by atoms with Crippen LogP contribution in [-0.2, 0) is 6.54 Å². The molecular weight excluding hydrogens is 252 g/mol. The smallest absolute Gasteiger partial charge is 0.312 e. The number of hydrogen-bond acceptors (Lipinski definition) is 3. The molecule has 0 radical (unpaired) electrons. The van der Waals surface area contributed by atoms with E-state index in [1.165, 1.54) is 0 Å². The van der Waals surface area contributed by atoms with E-state index < -0.39 is 6.03 Å². The molecule has 0 unspecified atom stereocenters. The molecule has 96 valence electrons. The Morgan fingerprint density at radius 2 is 2.39 bits per heavy atom. The monoisotopic (exact) mass is 266 g/mol. The van der Waals surface area contributed by atoms with Gasteiger partial charge in [0.15, 0.2) is 4.77 Å². The SMILES string of the molecule is COc1ccc2c(c1)[nH]c(=S)n2CCNC(N)=O.